The second kappa shape index (κ2) is 3.92. The SMILES string of the molecule is CC(Nn1cccc1)c1ccc(Br)o1. The van der Waals surface area contributed by atoms with Crippen molar-refractivity contribution in [3.05, 3.63) is 47.1 Å². The highest BCUT2D eigenvalue weighted by molar-refractivity contribution is 9.10. The Morgan fingerprint density at radius 2 is 2.07 bits per heavy atom. The molecule has 0 spiro atoms. The third-order valence-electron chi connectivity index (χ3n) is 1.97. The molecule has 1 N–H and O–H groups in total. The molecule has 0 fully saturated rings. The average molecular weight is 255 g/mol. The van der Waals surface area contributed by atoms with E-state index in [1.165, 1.54) is 0 Å². The van der Waals surface area contributed by atoms with Crippen molar-refractivity contribution in [1.29, 1.82) is 0 Å². The maximum atomic E-state index is 5.43. The number of aromatic nitrogens is 1. The van der Waals surface area contributed by atoms with Crippen molar-refractivity contribution in [3.8, 4) is 0 Å². The molecule has 14 heavy (non-hydrogen) atoms. The Bertz CT molecular complexity index is 394. The van der Waals surface area contributed by atoms with E-state index < -0.39 is 0 Å². The largest absolute Gasteiger partial charge is 0.452 e. The first-order valence-electron chi connectivity index (χ1n) is 4.40. The summed E-state index contributed by atoms with van der Waals surface area (Å²) >= 11 is 3.28. The average Bonchev–Trinajstić information content (AvgIpc) is 2.75. The van der Waals surface area contributed by atoms with Gasteiger partial charge in [-0.3, -0.25) is 4.68 Å². The molecule has 0 amide bonds. The number of halogens is 1. The fraction of sp³-hybridized carbons (Fsp3) is 0.200. The third kappa shape index (κ3) is 2.01. The molecule has 0 radical (unpaired) electrons. The van der Waals surface area contributed by atoms with Gasteiger partial charge in [0.2, 0.25) is 0 Å². The van der Waals surface area contributed by atoms with Crippen LogP contribution in [0.25, 0.3) is 0 Å². The van der Waals surface area contributed by atoms with E-state index in [0.717, 1.165) is 10.4 Å². The predicted molar refractivity (Wildman–Crippen MR) is 58.6 cm³/mol. The summed E-state index contributed by atoms with van der Waals surface area (Å²) in [5.74, 6) is 0.908. The molecule has 2 aromatic heterocycles. The maximum Gasteiger partial charge on any atom is 0.169 e. The van der Waals surface area contributed by atoms with Crippen LogP contribution in [-0.2, 0) is 0 Å². The van der Waals surface area contributed by atoms with E-state index in [2.05, 4.69) is 21.4 Å². The first-order valence-corrected chi connectivity index (χ1v) is 5.20. The van der Waals surface area contributed by atoms with Gasteiger partial charge in [-0.25, -0.2) is 0 Å². The second-order valence-corrected chi connectivity index (χ2v) is 3.86. The van der Waals surface area contributed by atoms with Crippen molar-refractivity contribution in [1.82, 2.24) is 4.68 Å². The van der Waals surface area contributed by atoms with E-state index in [9.17, 15) is 0 Å². The molecule has 4 heteroatoms. The van der Waals surface area contributed by atoms with E-state index in [1.807, 2.05) is 48.3 Å². The molecule has 0 saturated heterocycles. The Hall–Kier alpha value is -1.16. The second-order valence-electron chi connectivity index (χ2n) is 3.08. The van der Waals surface area contributed by atoms with Crippen molar-refractivity contribution in [2.24, 2.45) is 0 Å². The molecule has 0 aliphatic carbocycles. The summed E-state index contributed by atoms with van der Waals surface area (Å²) < 4.78 is 8.10. The van der Waals surface area contributed by atoms with Crippen LogP contribution in [0.4, 0.5) is 0 Å². The molecule has 1 unspecified atom stereocenters. The molecule has 2 aromatic rings. The minimum absolute atomic E-state index is 0.147. The molecule has 0 aromatic carbocycles. The highest BCUT2D eigenvalue weighted by Crippen LogP contribution is 2.20. The van der Waals surface area contributed by atoms with Crippen molar-refractivity contribution < 1.29 is 4.42 Å². The molecule has 1 atom stereocenters. The molecule has 0 aliphatic rings. The van der Waals surface area contributed by atoms with Crippen LogP contribution in [0, 0.1) is 0 Å². The maximum absolute atomic E-state index is 5.43. The number of nitrogens with zero attached hydrogens (tertiary/aromatic N) is 1. The molecule has 3 nitrogen and oxygen atoms in total. The van der Waals surface area contributed by atoms with Crippen LogP contribution in [0.3, 0.4) is 0 Å². The minimum Gasteiger partial charge on any atom is -0.452 e. The summed E-state index contributed by atoms with van der Waals surface area (Å²) in [6, 6.07) is 7.93. The zero-order valence-electron chi connectivity index (χ0n) is 7.77. The van der Waals surface area contributed by atoms with E-state index in [1.54, 1.807) is 0 Å². The third-order valence-corrected chi connectivity index (χ3v) is 2.39. The Morgan fingerprint density at radius 3 is 2.64 bits per heavy atom. The van der Waals surface area contributed by atoms with Gasteiger partial charge in [-0.15, -0.1) is 0 Å². The van der Waals surface area contributed by atoms with Gasteiger partial charge in [-0.1, -0.05) is 0 Å². The molecule has 0 aliphatic heterocycles. The fourth-order valence-corrected chi connectivity index (χ4v) is 1.59. The van der Waals surface area contributed by atoms with Gasteiger partial charge >= 0.3 is 0 Å². The van der Waals surface area contributed by atoms with Crippen molar-refractivity contribution in [2.45, 2.75) is 13.0 Å². The Balaban J connectivity index is 2.06. The van der Waals surface area contributed by atoms with Crippen LogP contribution in [0.5, 0.6) is 0 Å². The summed E-state index contributed by atoms with van der Waals surface area (Å²) in [5, 5.41) is 0. The van der Waals surface area contributed by atoms with Gasteiger partial charge in [0.05, 0.1) is 6.04 Å². The highest BCUT2D eigenvalue weighted by atomic mass is 79.9. The van der Waals surface area contributed by atoms with Crippen LogP contribution in [0.1, 0.15) is 18.7 Å². The van der Waals surface area contributed by atoms with Gasteiger partial charge in [-0.2, -0.15) is 0 Å². The van der Waals surface area contributed by atoms with Crippen molar-refractivity contribution in [3.63, 3.8) is 0 Å². The Morgan fingerprint density at radius 1 is 1.36 bits per heavy atom. The zero-order valence-corrected chi connectivity index (χ0v) is 9.36. The summed E-state index contributed by atoms with van der Waals surface area (Å²) in [7, 11) is 0. The molecule has 0 saturated carbocycles. The van der Waals surface area contributed by atoms with Gasteiger partial charge in [-0.05, 0) is 47.1 Å². The lowest BCUT2D eigenvalue weighted by Gasteiger charge is -2.13. The summed E-state index contributed by atoms with van der Waals surface area (Å²) in [4.78, 5) is 0. The van der Waals surface area contributed by atoms with Gasteiger partial charge in [0.1, 0.15) is 5.76 Å². The normalized spacial score (nSPS) is 12.7. The summed E-state index contributed by atoms with van der Waals surface area (Å²) in [6.07, 6.45) is 3.91. The highest BCUT2D eigenvalue weighted by Gasteiger charge is 2.08. The van der Waals surface area contributed by atoms with Crippen LogP contribution in [0.2, 0.25) is 0 Å². The topological polar surface area (TPSA) is 30.1 Å². The zero-order chi connectivity index (χ0) is 9.97. The molecular formula is C10H11BrN2O. The van der Waals surface area contributed by atoms with E-state index in [-0.39, 0.29) is 6.04 Å². The van der Waals surface area contributed by atoms with Crippen LogP contribution in [-0.4, -0.2) is 4.68 Å². The smallest absolute Gasteiger partial charge is 0.169 e. The Labute approximate surface area is 90.8 Å². The van der Waals surface area contributed by atoms with E-state index >= 15 is 0 Å². The van der Waals surface area contributed by atoms with E-state index in [0.29, 0.717) is 0 Å². The van der Waals surface area contributed by atoms with Crippen LogP contribution < -0.4 is 5.43 Å². The molecule has 0 bridgehead atoms. The van der Waals surface area contributed by atoms with Gasteiger partial charge in [0.25, 0.3) is 0 Å². The number of furan rings is 1. The summed E-state index contributed by atoms with van der Waals surface area (Å²) in [5.41, 5.74) is 3.25. The monoisotopic (exact) mass is 254 g/mol. The van der Waals surface area contributed by atoms with Gasteiger partial charge in [0, 0.05) is 12.4 Å². The van der Waals surface area contributed by atoms with Crippen molar-refractivity contribution in [2.75, 3.05) is 5.43 Å². The first kappa shape index (κ1) is 9.40. The molecule has 2 heterocycles. The molecule has 74 valence electrons. The summed E-state index contributed by atoms with van der Waals surface area (Å²) in [6.45, 7) is 2.05. The lowest BCUT2D eigenvalue weighted by atomic mass is 10.3. The molecular weight excluding hydrogens is 244 g/mol. The van der Waals surface area contributed by atoms with Crippen LogP contribution >= 0.6 is 15.9 Å². The molecule has 2 rings (SSSR count). The number of rotatable bonds is 3. The number of hydrogen-bond donors (Lipinski definition) is 1. The van der Waals surface area contributed by atoms with Gasteiger partial charge < -0.3 is 9.84 Å². The predicted octanol–water partition coefficient (Wildman–Crippen LogP) is 3.15. The van der Waals surface area contributed by atoms with E-state index in [4.69, 9.17) is 4.42 Å². The quantitative estimate of drug-likeness (QED) is 0.913. The van der Waals surface area contributed by atoms with Crippen LogP contribution in [0.15, 0.2) is 45.7 Å². The first-order chi connectivity index (χ1) is 6.75. The Kier molecular flexibility index (Phi) is 2.63. The number of nitrogens with one attached hydrogen (secondary N) is 1. The standard InChI is InChI=1S/C10H11BrN2O/c1-8(9-4-5-10(11)14-9)12-13-6-2-3-7-13/h2-8,12H,1H3. The fourth-order valence-electron chi connectivity index (χ4n) is 1.27. The lowest BCUT2D eigenvalue weighted by molar-refractivity contribution is 0.459. The van der Waals surface area contributed by atoms with Crippen molar-refractivity contribution >= 4 is 15.9 Å². The number of hydrogen-bond acceptors (Lipinski definition) is 2. The van der Waals surface area contributed by atoms with Gasteiger partial charge in [0.15, 0.2) is 4.67 Å². The minimum atomic E-state index is 0.147. The lowest BCUT2D eigenvalue weighted by Crippen LogP contribution is -2.16.